The summed E-state index contributed by atoms with van der Waals surface area (Å²) in [5.41, 5.74) is 1.44. The van der Waals surface area contributed by atoms with Crippen molar-refractivity contribution in [3.05, 3.63) is 11.6 Å². The van der Waals surface area contributed by atoms with E-state index in [0.717, 1.165) is 24.8 Å². The highest BCUT2D eigenvalue weighted by molar-refractivity contribution is 6.77. The van der Waals surface area contributed by atoms with Gasteiger partial charge in [-0.1, -0.05) is 68.4 Å². The molecule has 0 aromatic carbocycles. The van der Waals surface area contributed by atoms with Crippen LogP contribution in [-0.4, -0.2) is 88.9 Å². The van der Waals surface area contributed by atoms with Gasteiger partial charge in [-0.05, 0) is 87.9 Å². The zero-order chi connectivity index (χ0) is 37.5. The molecule has 0 aromatic heterocycles. The minimum absolute atomic E-state index is 0.0434. The van der Waals surface area contributed by atoms with Crippen LogP contribution in [0.25, 0.3) is 0 Å². The number of aliphatic hydroxyl groups excluding tert-OH is 2. The SMILES string of the molecule is COCOCC1=C[C@H]([C@@H]2OC(C)(C)O[C@H]([C@H](C)COC(=O)C(C)(C)C)[C@H]2O)[C@](CO)(C[C@H](C)[C@@H](C)CO[Si](C(C)C)(C(C)C)C(C)C)CC1. The van der Waals surface area contributed by atoms with Gasteiger partial charge in [0.25, 0.3) is 0 Å². The van der Waals surface area contributed by atoms with Crippen LogP contribution in [0.5, 0.6) is 0 Å². The molecule has 8 atom stereocenters. The van der Waals surface area contributed by atoms with E-state index in [1.165, 1.54) is 0 Å². The lowest BCUT2D eigenvalue weighted by molar-refractivity contribution is -0.352. The zero-order valence-corrected chi connectivity index (χ0v) is 34.8. The molecule has 1 aliphatic carbocycles. The standard InChI is InChI=1S/C39H74O9Si/c1-25(2)49(26(3)4,27(5)6)46-21-29(8)28(7)19-39(23-40)17-16-31(22-44-24-43-15)18-32(39)35-33(41)34(47-38(13,14)48-35)30(9)20-45-36(42)37(10,11)12/h18,25-30,32-35,40-41H,16-17,19-24H2,1-15H3/t28-,29-,30+,32+,33+,34+,35-,39-/m0/s1. The van der Waals surface area contributed by atoms with Crippen LogP contribution in [0.3, 0.4) is 0 Å². The lowest BCUT2D eigenvalue weighted by Crippen LogP contribution is -2.61. The number of aliphatic hydroxyl groups is 2. The predicted molar refractivity (Wildman–Crippen MR) is 198 cm³/mol. The number of hydrogen-bond acceptors (Lipinski definition) is 9. The highest BCUT2D eigenvalue weighted by atomic mass is 28.4. The van der Waals surface area contributed by atoms with Crippen LogP contribution in [0.2, 0.25) is 16.6 Å². The molecular formula is C39H74O9Si. The van der Waals surface area contributed by atoms with Crippen molar-refractivity contribution in [2.45, 2.75) is 157 Å². The summed E-state index contributed by atoms with van der Waals surface area (Å²) in [4.78, 5) is 12.6. The summed E-state index contributed by atoms with van der Waals surface area (Å²) in [6.07, 6.45) is 2.09. The van der Waals surface area contributed by atoms with Crippen LogP contribution in [0, 0.1) is 34.5 Å². The average Bonchev–Trinajstić information content (AvgIpc) is 3.00. The third-order valence-electron chi connectivity index (χ3n) is 11.4. The fourth-order valence-corrected chi connectivity index (χ4v) is 14.0. The van der Waals surface area contributed by atoms with Gasteiger partial charge in [-0.15, -0.1) is 0 Å². The molecule has 1 heterocycles. The molecule has 10 heteroatoms. The molecule has 1 aliphatic heterocycles. The molecule has 288 valence electrons. The van der Waals surface area contributed by atoms with E-state index in [0.29, 0.717) is 29.8 Å². The van der Waals surface area contributed by atoms with Gasteiger partial charge >= 0.3 is 5.97 Å². The molecule has 1 fully saturated rings. The Morgan fingerprint density at radius 2 is 1.57 bits per heavy atom. The first-order valence-electron chi connectivity index (χ1n) is 18.8. The molecule has 0 amide bonds. The van der Waals surface area contributed by atoms with Crippen molar-refractivity contribution in [2.75, 3.05) is 40.3 Å². The van der Waals surface area contributed by atoms with Crippen molar-refractivity contribution in [1.82, 2.24) is 0 Å². The fraction of sp³-hybridized carbons (Fsp3) is 0.923. The van der Waals surface area contributed by atoms with Crippen LogP contribution in [0.4, 0.5) is 0 Å². The first-order valence-corrected chi connectivity index (χ1v) is 20.9. The average molecular weight is 715 g/mol. The summed E-state index contributed by atoms with van der Waals surface area (Å²) >= 11 is 0. The quantitative estimate of drug-likeness (QED) is 0.0481. The third-order valence-corrected chi connectivity index (χ3v) is 17.5. The van der Waals surface area contributed by atoms with Crippen molar-refractivity contribution in [2.24, 2.45) is 34.5 Å². The van der Waals surface area contributed by atoms with Crippen LogP contribution < -0.4 is 0 Å². The Morgan fingerprint density at radius 1 is 0.980 bits per heavy atom. The van der Waals surface area contributed by atoms with Gasteiger partial charge in [0.15, 0.2) is 14.1 Å². The maximum atomic E-state index is 12.6. The molecule has 2 N–H and O–H groups in total. The molecule has 49 heavy (non-hydrogen) atoms. The summed E-state index contributed by atoms with van der Waals surface area (Å²) < 4.78 is 36.5. The van der Waals surface area contributed by atoms with Gasteiger partial charge in [0.05, 0.1) is 30.8 Å². The molecule has 0 saturated carbocycles. The Bertz CT molecular complexity index is 1030. The van der Waals surface area contributed by atoms with Gasteiger partial charge in [-0.25, -0.2) is 0 Å². The molecule has 1 saturated heterocycles. The molecule has 0 radical (unpaired) electrons. The molecule has 0 aromatic rings. The van der Waals surface area contributed by atoms with Crippen molar-refractivity contribution in [1.29, 1.82) is 0 Å². The second-order valence-corrected chi connectivity index (χ2v) is 23.3. The Kier molecular flexibility index (Phi) is 16.5. The van der Waals surface area contributed by atoms with Gasteiger partial charge < -0.3 is 38.3 Å². The number of ether oxygens (including phenoxy) is 5. The van der Waals surface area contributed by atoms with Gasteiger partial charge in [-0.2, -0.15) is 0 Å². The van der Waals surface area contributed by atoms with E-state index in [4.69, 9.17) is 28.1 Å². The Balaban J connectivity index is 2.45. The van der Waals surface area contributed by atoms with Gasteiger partial charge in [0, 0.05) is 37.6 Å². The number of carbonyl (C=O) groups is 1. The van der Waals surface area contributed by atoms with Gasteiger partial charge in [0.2, 0.25) is 0 Å². The first-order chi connectivity index (χ1) is 22.6. The molecule has 9 nitrogen and oxygen atoms in total. The lowest BCUT2D eigenvalue weighted by atomic mass is 9.60. The van der Waals surface area contributed by atoms with Crippen molar-refractivity contribution < 1.29 is 43.1 Å². The number of rotatable bonds is 18. The van der Waals surface area contributed by atoms with Gasteiger partial charge in [-0.3, -0.25) is 4.79 Å². The summed E-state index contributed by atoms with van der Waals surface area (Å²) in [6.45, 7) is 30.9. The minimum atomic E-state index is -2.03. The van der Waals surface area contributed by atoms with Crippen molar-refractivity contribution in [3.8, 4) is 0 Å². The highest BCUT2D eigenvalue weighted by Crippen LogP contribution is 2.51. The van der Waals surface area contributed by atoms with E-state index < -0.39 is 43.2 Å². The smallest absolute Gasteiger partial charge is 0.311 e. The summed E-state index contributed by atoms with van der Waals surface area (Å²) in [5.74, 6) is -1.41. The Labute approximate surface area is 300 Å². The largest absolute Gasteiger partial charge is 0.465 e. The second kappa shape index (κ2) is 18.3. The van der Waals surface area contributed by atoms with Crippen LogP contribution in [-0.2, 0) is 32.9 Å². The maximum Gasteiger partial charge on any atom is 0.311 e. The number of methoxy groups -OCH3 is 1. The van der Waals surface area contributed by atoms with E-state index in [1.54, 1.807) is 7.11 Å². The fourth-order valence-electron chi connectivity index (χ4n) is 8.45. The minimum Gasteiger partial charge on any atom is -0.465 e. The van der Waals surface area contributed by atoms with E-state index >= 15 is 0 Å². The number of esters is 1. The third kappa shape index (κ3) is 11.1. The first kappa shape index (κ1) is 44.3. The van der Waals surface area contributed by atoms with Crippen molar-refractivity contribution in [3.63, 3.8) is 0 Å². The summed E-state index contributed by atoms with van der Waals surface area (Å²) in [7, 11) is -0.428. The molecule has 2 rings (SSSR count). The van der Waals surface area contributed by atoms with E-state index in [1.807, 2.05) is 41.5 Å². The second-order valence-electron chi connectivity index (χ2n) is 17.8. The predicted octanol–water partition coefficient (Wildman–Crippen LogP) is 7.88. The van der Waals surface area contributed by atoms with E-state index in [2.05, 4.69) is 61.5 Å². The summed E-state index contributed by atoms with van der Waals surface area (Å²) in [5, 5.41) is 23.4. The lowest BCUT2D eigenvalue weighted by Gasteiger charge is -2.53. The van der Waals surface area contributed by atoms with E-state index in [-0.39, 0.29) is 49.6 Å². The Morgan fingerprint density at radius 3 is 2.08 bits per heavy atom. The number of carbonyl (C=O) groups excluding carboxylic acids is 1. The molecular weight excluding hydrogens is 641 g/mol. The summed E-state index contributed by atoms with van der Waals surface area (Å²) in [6, 6.07) is 0. The van der Waals surface area contributed by atoms with Crippen LogP contribution >= 0.6 is 0 Å². The zero-order valence-electron chi connectivity index (χ0n) is 33.8. The monoisotopic (exact) mass is 715 g/mol. The highest BCUT2D eigenvalue weighted by Gasteiger charge is 2.54. The van der Waals surface area contributed by atoms with Crippen LogP contribution in [0.15, 0.2) is 11.6 Å². The maximum absolute atomic E-state index is 12.6. The van der Waals surface area contributed by atoms with Gasteiger partial charge in [0.1, 0.15) is 12.9 Å². The van der Waals surface area contributed by atoms with Crippen LogP contribution in [0.1, 0.15) is 116 Å². The van der Waals surface area contributed by atoms with E-state index in [9.17, 15) is 15.0 Å². The molecule has 0 bridgehead atoms. The molecule has 0 unspecified atom stereocenters. The molecule has 0 spiro atoms. The molecule has 2 aliphatic rings. The van der Waals surface area contributed by atoms with Crippen molar-refractivity contribution >= 4 is 14.3 Å². The topological polar surface area (TPSA) is 113 Å². The number of hydrogen-bond donors (Lipinski definition) is 2. The Hall–Kier alpha value is -0.853. The normalized spacial score (nSPS) is 28.4.